The number of carbonyl (C=O) groups excluding carboxylic acids is 2. The molecule has 1 aliphatic carbocycles. The maximum atomic E-state index is 12.3. The van der Waals surface area contributed by atoms with E-state index in [1.54, 1.807) is 6.07 Å². The maximum Gasteiger partial charge on any atom is 0.338 e. The molecule has 0 saturated heterocycles. The number of rotatable bonds is 8. The Balaban J connectivity index is 2.07. The molecule has 1 aromatic rings. The molecule has 7 heteroatoms. The third kappa shape index (κ3) is 6.40. The summed E-state index contributed by atoms with van der Waals surface area (Å²) in [5.41, 5.74) is 7.86. The zero-order valence-corrected chi connectivity index (χ0v) is 16.9. The Morgan fingerprint density at radius 2 is 1.85 bits per heavy atom. The lowest BCUT2D eigenvalue weighted by Gasteiger charge is -2.34. The number of halogens is 1. The van der Waals surface area contributed by atoms with Crippen molar-refractivity contribution in [3.8, 4) is 0 Å². The van der Waals surface area contributed by atoms with Crippen molar-refractivity contribution >= 4 is 29.2 Å². The summed E-state index contributed by atoms with van der Waals surface area (Å²) in [5.74, 6) is -0.919. The third-order valence-electron chi connectivity index (χ3n) is 4.94. The third-order valence-corrected chi connectivity index (χ3v) is 5.26. The van der Waals surface area contributed by atoms with Gasteiger partial charge in [0.2, 0.25) is 0 Å². The fourth-order valence-corrected chi connectivity index (χ4v) is 3.73. The van der Waals surface area contributed by atoms with Crippen molar-refractivity contribution in [1.29, 1.82) is 0 Å². The highest BCUT2D eigenvalue weighted by atomic mass is 35.5. The van der Waals surface area contributed by atoms with Gasteiger partial charge in [-0.3, -0.25) is 9.69 Å². The van der Waals surface area contributed by atoms with E-state index in [9.17, 15) is 9.59 Å². The van der Waals surface area contributed by atoms with Crippen LogP contribution in [0.5, 0.6) is 0 Å². The molecule has 0 atom stereocenters. The predicted octanol–water partition coefficient (Wildman–Crippen LogP) is 3.80. The fourth-order valence-electron chi connectivity index (χ4n) is 3.49. The van der Waals surface area contributed by atoms with Crippen molar-refractivity contribution in [3.63, 3.8) is 0 Å². The summed E-state index contributed by atoms with van der Waals surface area (Å²) in [6.07, 6.45) is 6.20. The summed E-state index contributed by atoms with van der Waals surface area (Å²) >= 11 is 6.26. The molecule has 1 fully saturated rings. The van der Waals surface area contributed by atoms with Crippen molar-refractivity contribution < 1.29 is 19.1 Å². The van der Waals surface area contributed by atoms with E-state index in [-0.39, 0.29) is 13.2 Å². The minimum atomic E-state index is -0.508. The van der Waals surface area contributed by atoms with E-state index < -0.39 is 11.9 Å². The lowest BCUT2D eigenvalue weighted by atomic mass is 9.93. The van der Waals surface area contributed by atoms with Crippen LogP contribution in [-0.2, 0) is 20.8 Å². The lowest BCUT2D eigenvalue weighted by Crippen LogP contribution is -2.36. The summed E-state index contributed by atoms with van der Waals surface area (Å²) < 4.78 is 9.91. The molecule has 150 valence electrons. The van der Waals surface area contributed by atoms with Crippen molar-refractivity contribution in [2.75, 3.05) is 25.5 Å². The molecule has 0 heterocycles. The predicted molar refractivity (Wildman–Crippen MR) is 106 cm³/mol. The molecular weight excluding hydrogens is 368 g/mol. The van der Waals surface area contributed by atoms with Gasteiger partial charge in [0, 0.05) is 19.5 Å². The highest BCUT2D eigenvalue weighted by Gasteiger charge is 2.22. The van der Waals surface area contributed by atoms with Crippen LogP contribution in [0.1, 0.15) is 61.9 Å². The van der Waals surface area contributed by atoms with Crippen LogP contribution in [-0.4, -0.2) is 42.6 Å². The van der Waals surface area contributed by atoms with Crippen LogP contribution in [0.4, 0.5) is 5.69 Å². The minimum absolute atomic E-state index is 0.00109. The van der Waals surface area contributed by atoms with Gasteiger partial charge >= 0.3 is 11.9 Å². The number of esters is 2. The smallest absolute Gasteiger partial charge is 0.338 e. The second kappa shape index (κ2) is 10.5. The van der Waals surface area contributed by atoms with E-state index in [0.29, 0.717) is 28.9 Å². The van der Waals surface area contributed by atoms with Gasteiger partial charge in [-0.2, -0.15) is 0 Å². The van der Waals surface area contributed by atoms with Gasteiger partial charge in [-0.25, -0.2) is 4.79 Å². The van der Waals surface area contributed by atoms with Gasteiger partial charge < -0.3 is 15.2 Å². The first-order valence-electron chi connectivity index (χ1n) is 9.54. The second-order valence-electron chi connectivity index (χ2n) is 6.86. The van der Waals surface area contributed by atoms with Crippen LogP contribution in [0.3, 0.4) is 0 Å². The molecule has 0 aromatic heterocycles. The average Bonchev–Trinajstić information content (AvgIpc) is 2.66. The first kappa shape index (κ1) is 21.5. The normalized spacial score (nSPS) is 15.0. The Kier molecular flexibility index (Phi) is 8.38. The van der Waals surface area contributed by atoms with E-state index in [1.807, 2.05) is 0 Å². The molecular formula is C20H29ClN2O4. The number of nitrogens with two attached hydrogens (primary N) is 1. The number of hydrogen-bond donors (Lipinski definition) is 1. The van der Waals surface area contributed by atoms with Gasteiger partial charge in [0.15, 0.2) is 0 Å². The molecule has 0 spiro atoms. The fraction of sp³-hybridized carbons (Fsp3) is 0.600. The zero-order chi connectivity index (χ0) is 19.8. The first-order valence-corrected chi connectivity index (χ1v) is 9.92. The molecule has 6 nitrogen and oxygen atoms in total. The highest BCUT2D eigenvalue weighted by Crippen LogP contribution is 2.29. The van der Waals surface area contributed by atoms with Crippen LogP contribution in [0.15, 0.2) is 12.1 Å². The summed E-state index contributed by atoms with van der Waals surface area (Å²) in [5, 5.41) is 0.346. The number of ether oxygens (including phenoxy) is 2. The standard InChI is InChI=1S/C20H29ClN2O4/c1-3-23(17-7-5-4-6-8-17)13-16-11-15(12-18(21)19(16)22)20(25)27-10-9-26-14(2)24/h11-12,17H,3-10,13,22H2,1-2H3. The van der Waals surface area contributed by atoms with E-state index in [2.05, 4.69) is 11.8 Å². The quantitative estimate of drug-likeness (QED) is 0.409. The van der Waals surface area contributed by atoms with Gasteiger partial charge in [-0.1, -0.05) is 37.8 Å². The number of nitrogen functional groups attached to an aromatic ring is 1. The van der Waals surface area contributed by atoms with Gasteiger partial charge in [-0.05, 0) is 37.1 Å². The number of benzene rings is 1. The molecule has 0 bridgehead atoms. The van der Waals surface area contributed by atoms with E-state index in [1.165, 1.54) is 45.1 Å². The van der Waals surface area contributed by atoms with Gasteiger partial charge in [-0.15, -0.1) is 0 Å². The Bertz CT molecular complexity index is 660. The Morgan fingerprint density at radius 3 is 2.48 bits per heavy atom. The molecule has 1 saturated carbocycles. The SMILES string of the molecule is CCN(Cc1cc(C(=O)OCCOC(C)=O)cc(Cl)c1N)C1CCCCC1. The second-order valence-corrected chi connectivity index (χ2v) is 7.27. The summed E-state index contributed by atoms with van der Waals surface area (Å²) in [7, 11) is 0. The molecule has 0 amide bonds. The molecule has 1 aromatic carbocycles. The van der Waals surface area contributed by atoms with Crippen molar-refractivity contribution in [3.05, 3.63) is 28.3 Å². The zero-order valence-electron chi connectivity index (χ0n) is 16.1. The van der Waals surface area contributed by atoms with Crippen LogP contribution in [0.25, 0.3) is 0 Å². The van der Waals surface area contributed by atoms with Crippen LogP contribution in [0, 0.1) is 0 Å². The number of anilines is 1. The van der Waals surface area contributed by atoms with E-state index in [4.69, 9.17) is 26.8 Å². The van der Waals surface area contributed by atoms with Crippen LogP contribution >= 0.6 is 11.6 Å². The van der Waals surface area contributed by atoms with Gasteiger partial charge in [0.25, 0.3) is 0 Å². The van der Waals surface area contributed by atoms with Crippen LogP contribution < -0.4 is 5.73 Å². The van der Waals surface area contributed by atoms with E-state index >= 15 is 0 Å². The minimum Gasteiger partial charge on any atom is -0.462 e. The van der Waals surface area contributed by atoms with Crippen molar-refractivity contribution in [1.82, 2.24) is 4.90 Å². The Morgan fingerprint density at radius 1 is 1.19 bits per heavy atom. The van der Waals surface area contributed by atoms with Crippen molar-refractivity contribution in [2.45, 2.75) is 58.5 Å². The molecule has 0 aliphatic heterocycles. The Labute approximate surface area is 165 Å². The maximum absolute atomic E-state index is 12.3. The molecule has 0 unspecified atom stereocenters. The van der Waals surface area contributed by atoms with E-state index in [0.717, 1.165) is 12.1 Å². The largest absolute Gasteiger partial charge is 0.462 e. The lowest BCUT2D eigenvalue weighted by molar-refractivity contribution is -0.142. The van der Waals surface area contributed by atoms with Crippen molar-refractivity contribution in [2.24, 2.45) is 0 Å². The van der Waals surface area contributed by atoms with Gasteiger partial charge in [0.1, 0.15) is 13.2 Å². The summed E-state index contributed by atoms with van der Waals surface area (Å²) in [6, 6.07) is 3.81. The highest BCUT2D eigenvalue weighted by molar-refractivity contribution is 6.33. The molecule has 1 aliphatic rings. The molecule has 27 heavy (non-hydrogen) atoms. The topological polar surface area (TPSA) is 81.9 Å². The summed E-state index contributed by atoms with van der Waals surface area (Å²) in [4.78, 5) is 25.4. The number of hydrogen-bond acceptors (Lipinski definition) is 6. The average molecular weight is 397 g/mol. The monoisotopic (exact) mass is 396 g/mol. The molecule has 2 rings (SSSR count). The number of carbonyl (C=O) groups is 2. The summed E-state index contributed by atoms with van der Waals surface area (Å²) in [6.45, 7) is 5.04. The van der Waals surface area contributed by atoms with Crippen LogP contribution in [0.2, 0.25) is 5.02 Å². The molecule has 2 N–H and O–H groups in total. The first-order chi connectivity index (χ1) is 12.9. The van der Waals surface area contributed by atoms with Gasteiger partial charge in [0.05, 0.1) is 16.3 Å². The number of nitrogens with zero attached hydrogens (tertiary/aromatic N) is 1. The molecule has 0 radical (unpaired) electrons. The Hall–Kier alpha value is -1.79.